The first kappa shape index (κ1) is 20.8. The topological polar surface area (TPSA) is 75.3 Å². The van der Waals surface area contributed by atoms with Crippen molar-refractivity contribution in [3.05, 3.63) is 69.6 Å². The minimum absolute atomic E-state index is 0.0742. The second-order valence-electron chi connectivity index (χ2n) is 6.77. The van der Waals surface area contributed by atoms with Gasteiger partial charge in [0, 0.05) is 22.7 Å². The maximum atomic E-state index is 12.5. The number of carbonyl (C=O) groups excluding carboxylic acids is 1. The second-order valence-corrected chi connectivity index (χ2v) is 9.96. The number of halogens is 1. The predicted molar refractivity (Wildman–Crippen MR) is 115 cm³/mol. The molecule has 28 heavy (non-hydrogen) atoms. The number of sulfonamides is 1. The van der Waals surface area contributed by atoms with Crippen molar-refractivity contribution in [1.82, 2.24) is 10.0 Å². The molecule has 0 saturated carbocycles. The number of fused-ring (bicyclic) bond motifs is 1. The van der Waals surface area contributed by atoms with E-state index in [1.807, 2.05) is 36.4 Å². The zero-order chi connectivity index (χ0) is 20.3. The summed E-state index contributed by atoms with van der Waals surface area (Å²) < 4.78 is 27.5. The van der Waals surface area contributed by atoms with Crippen LogP contribution in [-0.2, 0) is 22.3 Å². The molecular formula is C20H21ClN2O3S2. The summed E-state index contributed by atoms with van der Waals surface area (Å²) in [6.07, 6.45) is 0. The zero-order valence-corrected chi connectivity index (χ0v) is 17.9. The molecule has 0 fully saturated rings. The van der Waals surface area contributed by atoms with E-state index in [1.54, 1.807) is 26.0 Å². The van der Waals surface area contributed by atoms with Crippen LogP contribution in [0.4, 0.5) is 0 Å². The van der Waals surface area contributed by atoms with Crippen molar-refractivity contribution >= 4 is 49.0 Å². The minimum Gasteiger partial charge on any atom is -0.347 e. The molecule has 5 nitrogen and oxygen atoms in total. The Morgan fingerprint density at radius 1 is 1.07 bits per heavy atom. The maximum Gasteiger partial charge on any atom is 0.263 e. The lowest BCUT2D eigenvalue weighted by atomic mass is 10.1. The summed E-state index contributed by atoms with van der Waals surface area (Å²) in [5, 5.41) is 4.21. The van der Waals surface area contributed by atoms with Crippen LogP contribution >= 0.6 is 22.9 Å². The number of rotatable bonds is 7. The molecule has 3 aromatic rings. The third-order valence-electron chi connectivity index (χ3n) is 3.99. The molecule has 1 heterocycles. The van der Waals surface area contributed by atoms with Crippen molar-refractivity contribution in [3.8, 4) is 0 Å². The van der Waals surface area contributed by atoms with Gasteiger partial charge in [-0.25, -0.2) is 13.1 Å². The smallest absolute Gasteiger partial charge is 0.263 e. The Morgan fingerprint density at radius 2 is 1.71 bits per heavy atom. The first-order valence-electron chi connectivity index (χ1n) is 8.78. The minimum atomic E-state index is -3.36. The number of hydrogen-bond donors (Lipinski definition) is 2. The summed E-state index contributed by atoms with van der Waals surface area (Å²) in [5.41, 5.74) is 1.57. The molecule has 0 saturated heterocycles. The van der Waals surface area contributed by atoms with Gasteiger partial charge >= 0.3 is 0 Å². The molecule has 2 aromatic carbocycles. The van der Waals surface area contributed by atoms with E-state index in [1.165, 1.54) is 11.3 Å². The first-order valence-corrected chi connectivity index (χ1v) is 11.6. The van der Waals surface area contributed by atoms with E-state index in [9.17, 15) is 13.2 Å². The Morgan fingerprint density at radius 3 is 2.36 bits per heavy atom. The van der Waals surface area contributed by atoms with E-state index in [0.29, 0.717) is 22.0 Å². The van der Waals surface area contributed by atoms with Crippen LogP contribution in [0.15, 0.2) is 48.5 Å². The average molecular weight is 437 g/mol. The zero-order valence-electron chi connectivity index (χ0n) is 15.5. The molecule has 0 aliphatic heterocycles. The number of nitrogens with one attached hydrogen (secondary N) is 2. The highest BCUT2D eigenvalue weighted by Gasteiger charge is 2.17. The molecule has 2 N–H and O–H groups in total. The number of benzene rings is 2. The normalized spacial score (nSPS) is 11.9. The van der Waals surface area contributed by atoms with Crippen LogP contribution in [0.2, 0.25) is 5.02 Å². The van der Waals surface area contributed by atoms with E-state index in [0.717, 1.165) is 15.6 Å². The molecule has 0 spiro atoms. The van der Waals surface area contributed by atoms with Crippen LogP contribution in [-0.4, -0.2) is 20.4 Å². The van der Waals surface area contributed by atoms with Crippen LogP contribution in [0.3, 0.4) is 0 Å². The summed E-state index contributed by atoms with van der Waals surface area (Å²) in [6.45, 7) is 3.90. The van der Waals surface area contributed by atoms with Crippen molar-refractivity contribution in [2.45, 2.75) is 32.2 Å². The maximum absolute atomic E-state index is 12.5. The molecule has 0 aliphatic rings. The second kappa shape index (κ2) is 8.61. The Labute approximate surface area is 173 Å². The summed E-state index contributed by atoms with van der Waals surface area (Å²) >= 11 is 7.70. The summed E-state index contributed by atoms with van der Waals surface area (Å²) in [6, 6.07) is 14.6. The van der Waals surface area contributed by atoms with E-state index in [2.05, 4.69) is 10.0 Å². The Hall–Kier alpha value is -1.93. The SMILES string of the molecule is CC(C)NS(=O)(=O)Cc1ccc(CNC(=O)c2sc3ccccc3c2Cl)cc1. The fourth-order valence-electron chi connectivity index (χ4n) is 2.80. The molecule has 0 bridgehead atoms. The van der Waals surface area contributed by atoms with Crippen molar-refractivity contribution in [3.63, 3.8) is 0 Å². The third kappa shape index (κ3) is 5.11. The van der Waals surface area contributed by atoms with Crippen LogP contribution in [0.1, 0.15) is 34.6 Å². The molecule has 0 unspecified atom stereocenters. The van der Waals surface area contributed by atoms with Gasteiger partial charge in [0.05, 0.1) is 10.8 Å². The lowest BCUT2D eigenvalue weighted by Crippen LogP contribution is -2.31. The Balaban J connectivity index is 1.63. The van der Waals surface area contributed by atoms with E-state index in [4.69, 9.17) is 11.6 Å². The molecule has 3 rings (SSSR count). The number of amides is 1. The van der Waals surface area contributed by atoms with Crippen molar-refractivity contribution in [2.75, 3.05) is 0 Å². The van der Waals surface area contributed by atoms with Crippen molar-refractivity contribution in [2.24, 2.45) is 0 Å². The van der Waals surface area contributed by atoms with E-state index < -0.39 is 10.0 Å². The monoisotopic (exact) mass is 436 g/mol. The first-order chi connectivity index (χ1) is 13.2. The van der Waals surface area contributed by atoms with Crippen LogP contribution in [0.5, 0.6) is 0 Å². The van der Waals surface area contributed by atoms with Gasteiger partial charge in [0.15, 0.2) is 0 Å². The molecular weight excluding hydrogens is 416 g/mol. The van der Waals surface area contributed by atoms with Crippen molar-refractivity contribution in [1.29, 1.82) is 0 Å². The predicted octanol–water partition coefficient (Wildman–Crippen LogP) is 4.31. The van der Waals surface area contributed by atoms with E-state index in [-0.39, 0.29) is 17.7 Å². The summed E-state index contributed by atoms with van der Waals surface area (Å²) in [7, 11) is -3.36. The number of carbonyl (C=O) groups is 1. The summed E-state index contributed by atoms with van der Waals surface area (Å²) in [4.78, 5) is 13.0. The molecule has 0 aliphatic carbocycles. The van der Waals surface area contributed by atoms with Crippen LogP contribution < -0.4 is 10.0 Å². The fraction of sp³-hybridized carbons (Fsp3) is 0.250. The Kier molecular flexibility index (Phi) is 6.40. The van der Waals surface area contributed by atoms with Gasteiger partial charge in [0.1, 0.15) is 4.88 Å². The van der Waals surface area contributed by atoms with Crippen LogP contribution in [0.25, 0.3) is 10.1 Å². The van der Waals surface area contributed by atoms with Gasteiger partial charge in [-0.3, -0.25) is 4.79 Å². The highest BCUT2D eigenvalue weighted by molar-refractivity contribution is 7.88. The molecule has 1 amide bonds. The lowest BCUT2D eigenvalue weighted by Gasteiger charge is -2.10. The van der Waals surface area contributed by atoms with Crippen LogP contribution in [0, 0.1) is 0 Å². The lowest BCUT2D eigenvalue weighted by molar-refractivity contribution is 0.0955. The number of thiophene rings is 1. The van der Waals surface area contributed by atoms with E-state index >= 15 is 0 Å². The van der Waals surface area contributed by atoms with Gasteiger partial charge in [-0.2, -0.15) is 0 Å². The highest BCUT2D eigenvalue weighted by atomic mass is 35.5. The van der Waals surface area contributed by atoms with Gasteiger partial charge in [-0.05, 0) is 31.0 Å². The largest absolute Gasteiger partial charge is 0.347 e. The quantitative estimate of drug-likeness (QED) is 0.579. The van der Waals surface area contributed by atoms with Crippen molar-refractivity contribution < 1.29 is 13.2 Å². The average Bonchev–Trinajstić information content (AvgIpc) is 2.97. The fourth-order valence-corrected chi connectivity index (χ4v) is 5.66. The highest BCUT2D eigenvalue weighted by Crippen LogP contribution is 2.35. The van der Waals surface area contributed by atoms with Gasteiger partial charge in [0.25, 0.3) is 5.91 Å². The van der Waals surface area contributed by atoms with Gasteiger partial charge in [0.2, 0.25) is 10.0 Å². The summed E-state index contributed by atoms with van der Waals surface area (Å²) in [5.74, 6) is -0.297. The third-order valence-corrected chi connectivity index (χ3v) is 7.21. The molecule has 8 heteroatoms. The van der Waals surface area contributed by atoms with Gasteiger partial charge in [-0.15, -0.1) is 11.3 Å². The Bertz CT molecular complexity index is 1090. The number of hydrogen-bond acceptors (Lipinski definition) is 4. The van der Waals surface area contributed by atoms with Gasteiger partial charge < -0.3 is 5.32 Å². The molecule has 1 aromatic heterocycles. The molecule has 0 atom stereocenters. The van der Waals surface area contributed by atoms with Gasteiger partial charge in [-0.1, -0.05) is 54.1 Å². The molecule has 0 radical (unpaired) electrons. The standard InChI is InChI=1S/C20H21ClN2O3S2/c1-13(2)23-28(25,26)12-15-9-7-14(8-10-15)11-22-20(24)19-18(21)16-5-3-4-6-17(16)27-19/h3-10,13,23H,11-12H2,1-2H3,(H,22,24). The molecule has 148 valence electrons.